The maximum absolute atomic E-state index is 12.9. The zero-order chi connectivity index (χ0) is 20.8. The monoisotopic (exact) mass is 422 g/mol. The summed E-state index contributed by atoms with van der Waals surface area (Å²) in [6, 6.07) is 20.5. The number of carbonyl (C=O) groups excluding carboxylic acids is 1. The lowest BCUT2D eigenvalue weighted by molar-refractivity contribution is -0.132. The second kappa shape index (κ2) is 9.91. The molecular formula is C23H26N4O2S. The Balaban J connectivity index is 1.25. The highest BCUT2D eigenvalue weighted by Gasteiger charge is 2.27. The topological polar surface area (TPSA) is 62.5 Å². The predicted molar refractivity (Wildman–Crippen MR) is 117 cm³/mol. The number of nitrogens with zero attached hydrogens (tertiary/aromatic N) is 4. The Morgan fingerprint density at radius 2 is 1.60 bits per heavy atom. The van der Waals surface area contributed by atoms with E-state index in [1.165, 1.54) is 17.3 Å². The lowest BCUT2D eigenvalue weighted by atomic mass is 10.2. The largest absolute Gasteiger partial charge is 0.416 e. The summed E-state index contributed by atoms with van der Waals surface area (Å²) in [5.74, 6) is 0.694. The van der Waals surface area contributed by atoms with Gasteiger partial charge in [-0.05, 0) is 18.1 Å². The van der Waals surface area contributed by atoms with Gasteiger partial charge in [-0.25, -0.2) is 0 Å². The molecule has 1 aliphatic rings. The Kier molecular flexibility index (Phi) is 6.81. The number of aromatic nitrogens is 2. The SMILES string of the molecule is CC(Sc1nnc(Cc2ccccc2)o1)C(=O)N1CCN(Cc2ccccc2)CC1. The van der Waals surface area contributed by atoms with Gasteiger partial charge in [0.1, 0.15) is 0 Å². The smallest absolute Gasteiger partial charge is 0.277 e. The van der Waals surface area contributed by atoms with Crippen molar-refractivity contribution in [1.29, 1.82) is 0 Å². The van der Waals surface area contributed by atoms with Crippen LogP contribution in [-0.4, -0.2) is 57.3 Å². The van der Waals surface area contributed by atoms with Crippen molar-refractivity contribution in [1.82, 2.24) is 20.0 Å². The van der Waals surface area contributed by atoms with Crippen molar-refractivity contribution in [3.05, 3.63) is 77.7 Å². The third kappa shape index (κ3) is 5.49. The van der Waals surface area contributed by atoms with E-state index in [1.54, 1.807) is 0 Å². The number of hydrogen-bond acceptors (Lipinski definition) is 6. The van der Waals surface area contributed by atoms with E-state index in [4.69, 9.17) is 4.42 Å². The standard InChI is InChI=1S/C23H26N4O2S/c1-18(30-23-25-24-21(29-23)16-19-8-4-2-5-9-19)22(28)27-14-12-26(13-15-27)17-20-10-6-3-7-11-20/h2-11,18H,12-17H2,1H3. The first-order valence-corrected chi connectivity index (χ1v) is 11.1. The molecule has 4 rings (SSSR count). The van der Waals surface area contributed by atoms with Gasteiger partial charge < -0.3 is 9.32 Å². The van der Waals surface area contributed by atoms with E-state index in [-0.39, 0.29) is 11.2 Å². The number of hydrogen-bond donors (Lipinski definition) is 0. The van der Waals surface area contributed by atoms with E-state index in [2.05, 4.69) is 39.4 Å². The molecule has 0 bridgehead atoms. The van der Waals surface area contributed by atoms with Crippen molar-refractivity contribution >= 4 is 17.7 Å². The minimum atomic E-state index is -0.254. The Hall–Kier alpha value is -2.64. The molecule has 0 N–H and O–H groups in total. The van der Waals surface area contributed by atoms with Crippen molar-refractivity contribution in [3.8, 4) is 0 Å². The van der Waals surface area contributed by atoms with Gasteiger partial charge in [0.2, 0.25) is 11.8 Å². The molecule has 0 spiro atoms. The van der Waals surface area contributed by atoms with E-state index >= 15 is 0 Å². The normalized spacial score (nSPS) is 15.8. The molecule has 0 aliphatic carbocycles. The molecule has 6 nitrogen and oxygen atoms in total. The second-order valence-corrected chi connectivity index (χ2v) is 8.76. The fourth-order valence-corrected chi connectivity index (χ4v) is 4.34. The van der Waals surface area contributed by atoms with E-state index in [1.807, 2.05) is 48.2 Å². The summed E-state index contributed by atoms with van der Waals surface area (Å²) in [5.41, 5.74) is 2.43. The summed E-state index contributed by atoms with van der Waals surface area (Å²) in [5, 5.41) is 8.42. The van der Waals surface area contributed by atoms with Crippen molar-refractivity contribution in [3.63, 3.8) is 0 Å². The zero-order valence-electron chi connectivity index (χ0n) is 17.1. The fourth-order valence-electron chi connectivity index (χ4n) is 3.55. The van der Waals surface area contributed by atoms with E-state index in [9.17, 15) is 4.79 Å². The average Bonchev–Trinajstić information content (AvgIpc) is 3.22. The van der Waals surface area contributed by atoms with Crippen LogP contribution in [0.15, 0.2) is 70.3 Å². The fraction of sp³-hybridized carbons (Fsp3) is 0.348. The number of benzene rings is 2. The van der Waals surface area contributed by atoms with Crippen molar-refractivity contribution in [2.24, 2.45) is 0 Å². The van der Waals surface area contributed by atoms with Crippen LogP contribution in [0.25, 0.3) is 0 Å². The number of rotatable bonds is 7. The first-order valence-electron chi connectivity index (χ1n) is 10.3. The molecular weight excluding hydrogens is 396 g/mol. The first-order chi connectivity index (χ1) is 14.7. The number of amides is 1. The molecule has 1 aromatic heterocycles. The van der Waals surface area contributed by atoms with Crippen LogP contribution in [0.4, 0.5) is 0 Å². The second-order valence-electron chi connectivity index (χ2n) is 7.47. The van der Waals surface area contributed by atoms with Crippen LogP contribution in [-0.2, 0) is 17.8 Å². The van der Waals surface area contributed by atoms with Crippen LogP contribution in [0.3, 0.4) is 0 Å². The van der Waals surface area contributed by atoms with Gasteiger partial charge in [-0.15, -0.1) is 10.2 Å². The van der Waals surface area contributed by atoms with Crippen molar-refractivity contribution < 1.29 is 9.21 Å². The maximum atomic E-state index is 12.9. The van der Waals surface area contributed by atoms with E-state index in [0.29, 0.717) is 17.5 Å². The summed E-state index contributed by atoms with van der Waals surface area (Å²) in [6.07, 6.45) is 0.597. The maximum Gasteiger partial charge on any atom is 0.277 e. The summed E-state index contributed by atoms with van der Waals surface area (Å²) >= 11 is 1.34. The Morgan fingerprint density at radius 1 is 0.967 bits per heavy atom. The molecule has 1 amide bonds. The van der Waals surface area contributed by atoms with Crippen molar-refractivity contribution in [2.45, 2.75) is 30.4 Å². The van der Waals surface area contributed by atoms with Gasteiger partial charge in [-0.3, -0.25) is 9.69 Å². The number of thioether (sulfide) groups is 1. The molecule has 2 aromatic carbocycles. The van der Waals surface area contributed by atoms with Gasteiger partial charge in [0, 0.05) is 32.7 Å². The molecule has 156 valence electrons. The van der Waals surface area contributed by atoms with Gasteiger partial charge in [-0.1, -0.05) is 72.4 Å². The van der Waals surface area contributed by atoms with E-state index in [0.717, 1.165) is 38.3 Å². The van der Waals surface area contributed by atoms with Crippen LogP contribution in [0.5, 0.6) is 0 Å². The highest BCUT2D eigenvalue weighted by atomic mass is 32.2. The van der Waals surface area contributed by atoms with Gasteiger partial charge in [-0.2, -0.15) is 0 Å². The molecule has 1 atom stereocenters. The molecule has 0 saturated carbocycles. The minimum Gasteiger partial charge on any atom is -0.416 e. The highest BCUT2D eigenvalue weighted by Crippen LogP contribution is 2.24. The van der Waals surface area contributed by atoms with Crippen LogP contribution in [0.2, 0.25) is 0 Å². The third-order valence-corrected chi connectivity index (χ3v) is 6.13. The number of carbonyl (C=O) groups is 1. The van der Waals surface area contributed by atoms with Gasteiger partial charge in [0.25, 0.3) is 5.22 Å². The quantitative estimate of drug-likeness (QED) is 0.543. The van der Waals surface area contributed by atoms with Crippen LogP contribution >= 0.6 is 11.8 Å². The molecule has 3 aromatic rings. The zero-order valence-corrected chi connectivity index (χ0v) is 17.9. The van der Waals surface area contributed by atoms with Gasteiger partial charge in [0.05, 0.1) is 11.7 Å². The molecule has 30 heavy (non-hydrogen) atoms. The molecule has 1 aliphatic heterocycles. The summed E-state index contributed by atoms with van der Waals surface area (Å²) in [7, 11) is 0. The molecule has 1 saturated heterocycles. The first kappa shape index (κ1) is 20.6. The highest BCUT2D eigenvalue weighted by molar-refractivity contribution is 8.00. The Morgan fingerprint density at radius 3 is 2.27 bits per heavy atom. The molecule has 0 radical (unpaired) electrons. The predicted octanol–water partition coefficient (Wildman–Crippen LogP) is 3.49. The molecule has 1 fully saturated rings. The summed E-state index contributed by atoms with van der Waals surface area (Å²) in [4.78, 5) is 17.2. The minimum absolute atomic E-state index is 0.127. The third-order valence-electron chi connectivity index (χ3n) is 5.20. The van der Waals surface area contributed by atoms with Gasteiger partial charge >= 0.3 is 0 Å². The Bertz CT molecular complexity index is 940. The summed E-state index contributed by atoms with van der Waals surface area (Å²) in [6.45, 7) is 6.11. The van der Waals surface area contributed by atoms with Crippen molar-refractivity contribution in [2.75, 3.05) is 26.2 Å². The lowest BCUT2D eigenvalue weighted by Crippen LogP contribution is -2.50. The van der Waals surface area contributed by atoms with Crippen LogP contribution in [0, 0.1) is 0 Å². The summed E-state index contributed by atoms with van der Waals surface area (Å²) < 4.78 is 5.74. The number of piperazine rings is 1. The Labute approximate surface area is 181 Å². The van der Waals surface area contributed by atoms with Crippen LogP contribution in [0.1, 0.15) is 23.9 Å². The van der Waals surface area contributed by atoms with Crippen LogP contribution < -0.4 is 0 Å². The molecule has 7 heteroatoms. The average molecular weight is 423 g/mol. The van der Waals surface area contributed by atoms with Gasteiger partial charge in [0.15, 0.2) is 0 Å². The molecule has 1 unspecified atom stereocenters. The van der Waals surface area contributed by atoms with E-state index < -0.39 is 0 Å². The lowest BCUT2D eigenvalue weighted by Gasteiger charge is -2.35. The molecule has 2 heterocycles.